The molecule has 1 aliphatic heterocycles. The van der Waals surface area contributed by atoms with Crippen LogP contribution in [-0.2, 0) is 16.9 Å². The fourth-order valence-electron chi connectivity index (χ4n) is 3.25. The minimum Gasteiger partial charge on any atom is -0.319 e. The second kappa shape index (κ2) is 5.95. The molecule has 1 fully saturated rings. The van der Waals surface area contributed by atoms with Gasteiger partial charge in [-0.3, -0.25) is 9.69 Å². The Morgan fingerprint density at radius 3 is 2.32 bits per heavy atom. The Hall–Kier alpha value is -2.76. The van der Waals surface area contributed by atoms with Gasteiger partial charge in [0.25, 0.3) is 5.91 Å². The number of benzene rings is 2. The Bertz CT molecular complexity index is 861. The predicted molar refractivity (Wildman–Crippen MR) is 88.7 cm³/mol. The van der Waals surface area contributed by atoms with Crippen molar-refractivity contribution in [1.82, 2.24) is 10.2 Å². The van der Waals surface area contributed by atoms with Gasteiger partial charge in [-0.1, -0.05) is 29.3 Å². The predicted octanol–water partition coefficient (Wildman–Crippen LogP) is 3.55. The number of hydrogen-bond acceptors (Lipinski definition) is 2. The number of carbonyl (C=O) groups is 2. The summed E-state index contributed by atoms with van der Waals surface area (Å²) in [6.07, 6.45) is 0. The van der Waals surface area contributed by atoms with E-state index in [4.69, 9.17) is 0 Å². The number of amides is 3. The van der Waals surface area contributed by atoms with Crippen molar-refractivity contribution in [3.63, 3.8) is 0 Å². The van der Waals surface area contributed by atoms with Crippen LogP contribution in [-0.4, -0.2) is 16.8 Å². The van der Waals surface area contributed by atoms with Gasteiger partial charge < -0.3 is 5.32 Å². The van der Waals surface area contributed by atoms with Crippen LogP contribution in [0.1, 0.15) is 29.2 Å². The molecule has 1 aliphatic rings. The highest BCUT2D eigenvalue weighted by atomic mass is 19.1. The standard InChI is InChI=1S/C19H18F2N2O2/c1-11-6-12(2)8-13(7-11)10-23-17(24)19(3,22-18(23)25)15-9-14(20)4-5-16(15)21/h4-9H,10H2,1-3H3,(H,22,25). The molecule has 1 atom stereocenters. The van der Waals surface area contributed by atoms with E-state index in [0.29, 0.717) is 0 Å². The fourth-order valence-corrected chi connectivity index (χ4v) is 3.25. The van der Waals surface area contributed by atoms with E-state index in [2.05, 4.69) is 5.32 Å². The molecule has 0 aliphatic carbocycles. The fraction of sp³-hybridized carbons (Fsp3) is 0.263. The summed E-state index contributed by atoms with van der Waals surface area (Å²) >= 11 is 0. The van der Waals surface area contributed by atoms with Crippen molar-refractivity contribution in [1.29, 1.82) is 0 Å². The molecule has 0 aromatic heterocycles. The summed E-state index contributed by atoms with van der Waals surface area (Å²) in [6.45, 7) is 5.30. The molecule has 1 heterocycles. The number of nitrogens with zero attached hydrogens (tertiary/aromatic N) is 1. The molecule has 0 bridgehead atoms. The van der Waals surface area contributed by atoms with Crippen LogP contribution in [0.3, 0.4) is 0 Å². The summed E-state index contributed by atoms with van der Waals surface area (Å²) in [5.41, 5.74) is 1.00. The van der Waals surface area contributed by atoms with Crippen LogP contribution >= 0.6 is 0 Å². The monoisotopic (exact) mass is 344 g/mol. The van der Waals surface area contributed by atoms with Crippen molar-refractivity contribution in [2.24, 2.45) is 0 Å². The van der Waals surface area contributed by atoms with Gasteiger partial charge in [0.2, 0.25) is 0 Å². The van der Waals surface area contributed by atoms with E-state index in [1.807, 2.05) is 32.0 Å². The number of urea groups is 1. The maximum Gasteiger partial charge on any atom is 0.325 e. The highest BCUT2D eigenvalue weighted by molar-refractivity contribution is 6.07. The zero-order chi connectivity index (χ0) is 18.4. The maximum absolute atomic E-state index is 14.1. The molecular weight excluding hydrogens is 326 g/mol. The molecule has 6 heteroatoms. The smallest absolute Gasteiger partial charge is 0.319 e. The van der Waals surface area contributed by atoms with E-state index in [0.717, 1.165) is 39.8 Å². The SMILES string of the molecule is Cc1cc(C)cc(CN2C(=O)NC(C)(c3cc(F)ccc3F)C2=O)c1. The van der Waals surface area contributed by atoms with Crippen LogP contribution in [0.25, 0.3) is 0 Å². The minimum absolute atomic E-state index is 0.0692. The number of rotatable bonds is 3. The van der Waals surface area contributed by atoms with Gasteiger partial charge in [-0.05, 0) is 44.5 Å². The van der Waals surface area contributed by atoms with Crippen molar-refractivity contribution < 1.29 is 18.4 Å². The van der Waals surface area contributed by atoms with Gasteiger partial charge in [-0.25, -0.2) is 13.6 Å². The van der Waals surface area contributed by atoms with E-state index in [-0.39, 0.29) is 12.1 Å². The first kappa shape index (κ1) is 17.1. The number of nitrogens with one attached hydrogen (secondary N) is 1. The summed E-state index contributed by atoms with van der Waals surface area (Å²) in [4.78, 5) is 26.2. The molecule has 1 N–H and O–H groups in total. The first-order chi connectivity index (χ1) is 11.7. The normalized spacial score (nSPS) is 20.1. The quantitative estimate of drug-likeness (QED) is 0.866. The molecular formula is C19H18F2N2O2. The third-order valence-corrected chi connectivity index (χ3v) is 4.36. The van der Waals surface area contributed by atoms with Crippen LogP contribution in [0.15, 0.2) is 36.4 Å². The van der Waals surface area contributed by atoms with Crippen LogP contribution in [0.4, 0.5) is 13.6 Å². The average molecular weight is 344 g/mol. The summed E-state index contributed by atoms with van der Waals surface area (Å²) in [7, 11) is 0. The van der Waals surface area contributed by atoms with Gasteiger partial charge in [0, 0.05) is 5.56 Å². The Morgan fingerprint density at radius 2 is 1.68 bits per heavy atom. The molecule has 1 saturated heterocycles. The van der Waals surface area contributed by atoms with Crippen molar-refractivity contribution in [3.8, 4) is 0 Å². The Balaban J connectivity index is 1.95. The molecule has 2 aromatic rings. The number of aryl methyl sites for hydroxylation is 2. The first-order valence-corrected chi connectivity index (χ1v) is 7.87. The molecule has 2 aromatic carbocycles. The molecule has 1 unspecified atom stereocenters. The first-order valence-electron chi connectivity index (χ1n) is 7.87. The molecule has 3 rings (SSSR count). The van der Waals surface area contributed by atoms with E-state index in [1.54, 1.807) is 0 Å². The van der Waals surface area contributed by atoms with Gasteiger partial charge in [0.15, 0.2) is 0 Å². The number of carbonyl (C=O) groups excluding carboxylic acids is 2. The topological polar surface area (TPSA) is 49.4 Å². The average Bonchev–Trinajstić information content (AvgIpc) is 2.73. The van der Waals surface area contributed by atoms with E-state index < -0.39 is 29.1 Å². The minimum atomic E-state index is -1.64. The largest absolute Gasteiger partial charge is 0.325 e. The van der Waals surface area contributed by atoms with Crippen LogP contribution in [0.5, 0.6) is 0 Å². The van der Waals surface area contributed by atoms with E-state index in [1.165, 1.54) is 6.92 Å². The third-order valence-electron chi connectivity index (χ3n) is 4.36. The lowest BCUT2D eigenvalue weighted by Gasteiger charge is -2.23. The van der Waals surface area contributed by atoms with Crippen molar-refractivity contribution in [3.05, 3.63) is 70.3 Å². The number of imide groups is 1. The zero-order valence-electron chi connectivity index (χ0n) is 14.2. The molecule has 4 nitrogen and oxygen atoms in total. The summed E-state index contributed by atoms with van der Waals surface area (Å²) in [5, 5.41) is 2.49. The number of hydrogen-bond donors (Lipinski definition) is 1. The molecule has 130 valence electrons. The van der Waals surface area contributed by atoms with E-state index in [9.17, 15) is 18.4 Å². The summed E-state index contributed by atoms with van der Waals surface area (Å²) < 4.78 is 27.7. The Morgan fingerprint density at radius 1 is 1.04 bits per heavy atom. The molecule has 0 saturated carbocycles. The second-order valence-corrected chi connectivity index (χ2v) is 6.57. The highest BCUT2D eigenvalue weighted by Gasteiger charge is 2.50. The Labute approximate surface area is 144 Å². The van der Waals surface area contributed by atoms with Crippen molar-refractivity contribution in [2.75, 3.05) is 0 Å². The summed E-state index contributed by atoms with van der Waals surface area (Å²) in [5.74, 6) is -2.03. The molecule has 3 amide bonds. The summed E-state index contributed by atoms with van der Waals surface area (Å²) in [6, 6.07) is 7.97. The van der Waals surface area contributed by atoms with Gasteiger partial charge in [0.05, 0.1) is 6.54 Å². The molecule has 0 spiro atoms. The Kier molecular flexibility index (Phi) is 4.06. The van der Waals surface area contributed by atoms with Gasteiger partial charge >= 0.3 is 6.03 Å². The van der Waals surface area contributed by atoms with Crippen molar-refractivity contribution in [2.45, 2.75) is 32.9 Å². The molecule has 25 heavy (non-hydrogen) atoms. The lowest BCUT2D eigenvalue weighted by atomic mass is 9.91. The lowest BCUT2D eigenvalue weighted by molar-refractivity contribution is -0.131. The van der Waals surface area contributed by atoms with Crippen LogP contribution in [0, 0.1) is 25.5 Å². The van der Waals surface area contributed by atoms with Crippen LogP contribution in [0.2, 0.25) is 0 Å². The van der Waals surface area contributed by atoms with Gasteiger partial charge in [-0.15, -0.1) is 0 Å². The second-order valence-electron chi connectivity index (χ2n) is 6.57. The molecule has 0 radical (unpaired) electrons. The van der Waals surface area contributed by atoms with Crippen LogP contribution < -0.4 is 5.32 Å². The third kappa shape index (κ3) is 2.99. The number of halogens is 2. The maximum atomic E-state index is 14.1. The zero-order valence-corrected chi connectivity index (χ0v) is 14.2. The van der Waals surface area contributed by atoms with Gasteiger partial charge in [-0.2, -0.15) is 0 Å². The highest BCUT2D eigenvalue weighted by Crippen LogP contribution is 2.32. The van der Waals surface area contributed by atoms with E-state index >= 15 is 0 Å². The van der Waals surface area contributed by atoms with Gasteiger partial charge in [0.1, 0.15) is 17.2 Å². The van der Waals surface area contributed by atoms with Crippen molar-refractivity contribution >= 4 is 11.9 Å². The lowest BCUT2D eigenvalue weighted by Crippen LogP contribution is -2.41.